The van der Waals surface area contributed by atoms with Crippen LogP contribution in [0.4, 0.5) is 0 Å². The number of esters is 3. The lowest BCUT2D eigenvalue weighted by atomic mass is 10.1. The van der Waals surface area contributed by atoms with E-state index in [0.29, 0.717) is 16.7 Å². The molecule has 0 saturated carbocycles. The van der Waals surface area contributed by atoms with Gasteiger partial charge in [-0.2, -0.15) is 0 Å². The van der Waals surface area contributed by atoms with Crippen LogP contribution < -0.4 is 0 Å². The van der Waals surface area contributed by atoms with E-state index in [2.05, 4.69) is 4.98 Å². The molecule has 2 heterocycles. The summed E-state index contributed by atoms with van der Waals surface area (Å²) in [6.45, 7) is 7.36. The van der Waals surface area contributed by atoms with Gasteiger partial charge in [0.1, 0.15) is 12.7 Å². The molecular weight excluding hydrogens is 584 g/mol. The topological polar surface area (TPSA) is 106 Å². The maximum Gasteiger partial charge on any atom is 0.338 e. The Morgan fingerprint density at radius 2 is 1.28 bits per heavy atom. The van der Waals surface area contributed by atoms with Crippen LogP contribution in [-0.2, 0) is 18.9 Å². The summed E-state index contributed by atoms with van der Waals surface area (Å²) in [7, 11) is 0. The van der Waals surface area contributed by atoms with E-state index in [0.717, 1.165) is 33.3 Å². The van der Waals surface area contributed by atoms with Crippen LogP contribution in [0.1, 0.15) is 59.6 Å². The predicted molar refractivity (Wildman–Crippen MR) is 171 cm³/mol. The van der Waals surface area contributed by atoms with Gasteiger partial charge in [0, 0.05) is 0 Å². The quantitative estimate of drug-likeness (QED) is 0.144. The molecule has 4 aromatic carbocycles. The number of benzene rings is 4. The molecule has 0 radical (unpaired) electrons. The maximum absolute atomic E-state index is 13.6. The van der Waals surface area contributed by atoms with Crippen molar-refractivity contribution in [1.82, 2.24) is 9.55 Å². The molecule has 1 aromatic heterocycles. The molecule has 6 rings (SSSR count). The third kappa shape index (κ3) is 6.14. The van der Waals surface area contributed by atoms with Crippen molar-refractivity contribution in [2.75, 3.05) is 6.61 Å². The Balaban J connectivity index is 1.40. The van der Waals surface area contributed by atoms with E-state index in [1.165, 1.54) is 0 Å². The lowest BCUT2D eigenvalue weighted by Gasteiger charge is -2.25. The fourth-order valence-electron chi connectivity index (χ4n) is 5.61. The Labute approximate surface area is 266 Å². The first kappa shape index (κ1) is 30.7. The minimum atomic E-state index is -1.14. The van der Waals surface area contributed by atoms with Gasteiger partial charge in [-0.05, 0) is 86.3 Å². The largest absolute Gasteiger partial charge is 0.459 e. The SMILES string of the molecule is Cc1cc2ncn(C3OC(COC(=O)c4ccccc4C)C(OC(=O)c4ccccc4C)C3OC(=O)c3ccccc3)c2cc1C. The Morgan fingerprint density at radius 3 is 1.96 bits per heavy atom. The van der Waals surface area contributed by atoms with Gasteiger partial charge >= 0.3 is 17.9 Å². The molecule has 0 bridgehead atoms. The molecule has 4 atom stereocenters. The highest BCUT2D eigenvalue weighted by Gasteiger charge is 2.51. The average Bonchev–Trinajstić information content (AvgIpc) is 3.60. The average molecular weight is 619 g/mol. The zero-order chi connectivity index (χ0) is 32.4. The number of fused-ring (bicyclic) bond motifs is 1. The molecule has 1 fully saturated rings. The molecule has 0 aliphatic carbocycles. The molecule has 4 unspecified atom stereocenters. The van der Waals surface area contributed by atoms with E-state index < -0.39 is 42.4 Å². The van der Waals surface area contributed by atoms with E-state index >= 15 is 0 Å². The van der Waals surface area contributed by atoms with Crippen LogP contribution in [0.25, 0.3) is 11.0 Å². The van der Waals surface area contributed by atoms with Crippen molar-refractivity contribution in [2.45, 2.75) is 52.2 Å². The van der Waals surface area contributed by atoms with E-state index in [4.69, 9.17) is 18.9 Å². The first-order valence-corrected chi connectivity index (χ1v) is 15.1. The molecule has 1 aliphatic heterocycles. The number of ether oxygens (including phenoxy) is 4. The van der Waals surface area contributed by atoms with Crippen molar-refractivity contribution in [3.8, 4) is 0 Å². The number of carbonyl (C=O) groups is 3. The van der Waals surface area contributed by atoms with Crippen LogP contribution in [0, 0.1) is 27.7 Å². The highest BCUT2D eigenvalue weighted by molar-refractivity contribution is 5.92. The summed E-state index contributed by atoms with van der Waals surface area (Å²) in [6.07, 6.45) is -2.60. The fourth-order valence-corrected chi connectivity index (χ4v) is 5.61. The van der Waals surface area contributed by atoms with Gasteiger partial charge in [-0.1, -0.05) is 54.6 Å². The summed E-state index contributed by atoms with van der Waals surface area (Å²) in [5, 5.41) is 0. The predicted octanol–water partition coefficient (Wildman–Crippen LogP) is 6.48. The third-order valence-electron chi connectivity index (χ3n) is 8.35. The molecule has 1 saturated heterocycles. The summed E-state index contributed by atoms with van der Waals surface area (Å²) in [5.74, 6) is -1.79. The van der Waals surface area contributed by atoms with Gasteiger partial charge in [-0.25, -0.2) is 19.4 Å². The summed E-state index contributed by atoms with van der Waals surface area (Å²) < 4.78 is 26.3. The number of carbonyl (C=O) groups excluding carboxylic acids is 3. The zero-order valence-electron chi connectivity index (χ0n) is 26.0. The molecule has 0 N–H and O–H groups in total. The van der Waals surface area contributed by atoms with Crippen LogP contribution in [0.3, 0.4) is 0 Å². The van der Waals surface area contributed by atoms with Crippen LogP contribution in [0.15, 0.2) is 97.3 Å². The van der Waals surface area contributed by atoms with Crippen molar-refractivity contribution in [1.29, 1.82) is 0 Å². The van der Waals surface area contributed by atoms with Crippen LogP contribution in [-0.4, -0.2) is 52.4 Å². The second-order valence-corrected chi connectivity index (χ2v) is 11.5. The Bertz CT molecular complexity index is 1920. The van der Waals surface area contributed by atoms with Gasteiger partial charge < -0.3 is 23.5 Å². The smallest absolute Gasteiger partial charge is 0.338 e. The normalized spacial score (nSPS) is 19.1. The molecule has 1 aliphatic rings. The standard InChI is InChI=1S/C37H34N2O7/c1-22-12-8-10-16-27(22)36(41)43-20-31-32(45-37(42)28-17-11-9-13-23(28)2)33(46-35(40)26-14-6-5-7-15-26)34(44-31)39-21-38-29-18-24(3)25(4)19-30(29)39/h5-19,21,31-34H,20H2,1-4H3. The van der Waals surface area contributed by atoms with Crippen molar-refractivity contribution in [3.63, 3.8) is 0 Å². The first-order valence-electron chi connectivity index (χ1n) is 15.1. The third-order valence-corrected chi connectivity index (χ3v) is 8.35. The van der Waals surface area contributed by atoms with Crippen LogP contribution in [0.2, 0.25) is 0 Å². The summed E-state index contributed by atoms with van der Waals surface area (Å²) in [5.41, 5.74) is 6.14. The van der Waals surface area contributed by atoms with Gasteiger partial charge in [-0.3, -0.25) is 0 Å². The highest BCUT2D eigenvalue weighted by atomic mass is 16.7. The number of imidazole rings is 1. The molecule has 9 nitrogen and oxygen atoms in total. The van der Waals surface area contributed by atoms with Crippen LogP contribution >= 0.6 is 0 Å². The molecule has 0 amide bonds. The molecular formula is C37H34N2O7. The maximum atomic E-state index is 13.6. The summed E-state index contributed by atoms with van der Waals surface area (Å²) in [6, 6.07) is 26.6. The molecule has 234 valence electrons. The van der Waals surface area contributed by atoms with Crippen molar-refractivity contribution >= 4 is 28.9 Å². The van der Waals surface area contributed by atoms with Crippen LogP contribution in [0.5, 0.6) is 0 Å². The highest BCUT2D eigenvalue weighted by Crippen LogP contribution is 2.37. The number of rotatable bonds is 8. The van der Waals surface area contributed by atoms with E-state index in [-0.39, 0.29) is 6.61 Å². The van der Waals surface area contributed by atoms with Gasteiger partial charge in [0.25, 0.3) is 0 Å². The molecule has 5 aromatic rings. The van der Waals surface area contributed by atoms with Crippen molar-refractivity contribution < 1.29 is 33.3 Å². The molecule has 0 spiro atoms. The van der Waals surface area contributed by atoms with Crippen molar-refractivity contribution in [3.05, 3.63) is 136 Å². The molecule has 9 heteroatoms. The van der Waals surface area contributed by atoms with Gasteiger partial charge in [0.15, 0.2) is 18.4 Å². The first-order chi connectivity index (χ1) is 22.2. The van der Waals surface area contributed by atoms with E-state index in [9.17, 15) is 14.4 Å². The summed E-state index contributed by atoms with van der Waals surface area (Å²) >= 11 is 0. The fraction of sp³-hybridized carbons (Fsp3) is 0.243. The second-order valence-electron chi connectivity index (χ2n) is 11.5. The van der Waals surface area contributed by atoms with E-state index in [1.807, 2.05) is 51.1 Å². The lowest BCUT2D eigenvalue weighted by molar-refractivity contribution is -0.0604. The zero-order valence-corrected chi connectivity index (χ0v) is 26.0. The minimum Gasteiger partial charge on any atom is -0.459 e. The summed E-state index contributed by atoms with van der Waals surface area (Å²) in [4.78, 5) is 44.8. The van der Waals surface area contributed by atoms with Gasteiger partial charge in [-0.15, -0.1) is 0 Å². The van der Waals surface area contributed by atoms with E-state index in [1.54, 1.807) is 78.5 Å². The minimum absolute atomic E-state index is 0.264. The Hall–Kier alpha value is -5.28. The monoisotopic (exact) mass is 618 g/mol. The van der Waals surface area contributed by atoms with Gasteiger partial charge in [0.2, 0.25) is 0 Å². The number of aromatic nitrogens is 2. The Morgan fingerprint density at radius 1 is 0.696 bits per heavy atom. The molecule has 46 heavy (non-hydrogen) atoms. The van der Waals surface area contributed by atoms with Crippen molar-refractivity contribution in [2.24, 2.45) is 0 Å². The number of aryl methyl sites for hydroxylation is 4. The number of hydrogen-bond donors (Lipinski definition) is 0. The Kier molecular flexibility index (Phi) is 8.68. The second kappa shape index (κ2) is 13.0. The number of hydrogen-bond acceptors (Lipinski definition) is 8. The van der Waals surface area contributed by atoms with Gasteiger partial charge in [0.05, 0.1) is 34.1 Å². The lowest BCUT2D eigenvalue weighted by Crippen LogP contribution is -2.41. The number of nitrogens with zero attached hydrogens (tertiary/aromatic N) is 2.